The van der Waals surface area contributed by atoms with Crippen LogP contribution >= 0.6 is 15.6 Å². The second kappa shape index (κ2) is 75.5. The van der Waals surface area contributed by atoms with Crippen LogP contribution in [0.3, 0.4) is 0 Å². The monoisotopic (exact) mass is 1510 g/mol. The van der Waals surface area contributed by atoms with Crippen LogP contribution in [0.2, 0.25) is 0 Å². The van der Waals surface area contributed by atoms with Gasteiger partial charge in [-0.3, -0.25) is 37.3 Å². The number of hydrogen-bond acceptors (Lipinski definition) is 15. The molecular formula is C84H164O17P2. The van der Waals surface area contributed by atoms with Crippen molar-refractivity contribution in [1.29, 1.82) is 0 Å². The summed E-state index contributed by atoms with van der Waals surface area (Å²) in [6.07, 6.45) is 67.2. The summed E-state index contributed by atoms with van der Waals surface area (Å²) in [6.45, 7) is 9.53. The van der Waals surface area contributed by atoms with Crippen molar-refractivity contribution < 1.29 is 80.2 Å². The van der Waals surface area contributed by atoms with Crippen LogP contribution < -0.4 is 0 Å². The van der Waals surface area contributed by atoms with Crippen molar-refractivity contribution >= 4 is 39.5 Å². The number of aliphatic hydroxyl groups is 1. The molecule has 6 atom stereocenters. The number of phosphoric acid groups is 2. The molecule has 0 heterocycles. The van der Waals surface area contributed by atoms with Crippen LogP contribution in [0.5, 0.6) is 0 Å². The van der Waals surface area contributed by atoms with Gasteiger partial charge in [-0.2, -0.15) is 0 Å². The predicted octanol–water partition coefficient (Wildman–Crippen LogP) is 25.5. The molecule has 0 radical (unpaired) electrons. The quantitative estimate of drug-likeness (QED) is 0.0222. The van der Waals surface area contributed by atoms with E-state index in [2.05, 4.69) is 41.5 Å². The van der Waals surface area contributed by atoms with Crippen LogP contribution in [0.15, 0.2) is 0 Å². The second-order valence-electron chi connectivity index (χ2n) is 30.9. The average molecular weight is 1510 g/mol. The fraction of sp³-hybridized carbons (Fsp3) is 0.952. The van der Waals surface area contributed by atoms with Gasteiger partial charge in [-0.15, -0.1) is 0 Å². The third-order valence-corrected chi connectivity index (χ3v) is 22.0. The summed E-state index contributed by atoms with van der Waals surface area (Å²) in [5, 5.41) is 10.6. The molecule has 0 aliphatic heterocycles. The molecule has 0 saturated carbocycles. The van der Waals surface area contributed by atoms with Crippen LogP contribution in [0.1, 0.15) is 446 Å². The van der Waals surface area contributed by atoms with Gasteiger partial charge in [-0.05, 0) is 37.5 Å². The number of phosphoric ester groups is 2. The van der Waals surface area contributed by atoms with Crippen molar-refractivity contribution in [1.82, 2.24) is 0 Å². The van der Waals surface area contributed by atoms with Crippen molar-refractivity contribution in [3.63, 3.8) is 0 Å². The van der Waals surface area contributed by atoms with E-state index >= 15 is 0 Å². The van der Waals surface area contributed by atoms with Gasteiger partial charge in [-0.1, -0.05) is 395 Å². The summed E-state index contributed by atoms with van der Waals surface area (Å²) in [7, 11) is -9.92. The van der Waals surface area contributed by atoms with E-state index in [4.69, 9.17) is 37.0 Å². The molecule has 0 aromatic carbocycles. The van der Waals surface area contributed by atoms with Gasteiger partial charge in [-0.25, -0.2) is 9.13 Å². The third kappa shape index (κ3) is 76.6. The molecule has 612 valence electrons. The first-order valence-electron chi connectivity index (χ1n) is 43.5. The molecule has 3 unspecified atom stereocenters. The lowest BCUT2D eigenvalue weighted by molar-refractivity contribution is -0.161. The maximum atomic E-state index is 13.1. The molecule has 0 aromatic heterocycles. The number of esters is 4. The van der Waals surface area contributed by atoms with E-state index in [0.29, 0.717) is 31.6 Å². The van der Waals surface area contributed by atoms with Crippen molar-refractivity contribution in [2.75, 3.05) is 39.6 Å². The lowest BCUT2D eigenvalue weighted by atomic mass is 10.00. The van der Waals surface area contributed by atoms with Crippen molar-refractivity contribution in [3.05, 3.63) is 0 Å². The minimum Gasteiger partial charge on any atom is -0.462 e. The molecule has 103 heavy (non-hydrogen) atoms. The summed E-state index contributed by atoms with van der Waals surface area (Å²) >= 11 is 0. The number of rotatable bonds is 83. The third-order valence-electron chi connectivity index (χ3n) is 20.1. The van der Waals surface area contributed by atoms with E-state index in [0.717, 1.165) is 102 Å². The van der Waals surface area contributed by atoms with Crippen LogP contribution in [0.25, 0.3) is 0 Å². The van der Waals surface area contributed by atoms with E-state index in [1.54, 1.807) is 0 Å². The summed E-state index contributed by atoms with van der Waals surface area (Å²) < 4.78 is 68.7. The summed E-state index contributed by atoms with van der Waals surface area (Å²) in [5.41, 5.74) is 0. The second-order valence-corrected chi connectivity index (χ2v) is 33.8. The normalized spacial score (nSPS) is 14.1. The molecule has 0 aliphatic rings. The Labute approximate surface area is 632 Å². The molecule has 0 aromatic rings. The number of carbonyl (C=O) groups is 4. The molecule has 0 fully saturated rings. The zero-order chi connectivity index (χ0) is 75.6. The lowest BCUT2D eigenvalue weighted by Crippen LogP contribution is -2.30. The Balaban J connectivity index is 5.17. The lowest BCUT2D eigenvalue weighted by Gasteiger charge is -2.21. The number of ether oxygens (including phenoxy) is 4. The molecule has 0 aliphatic carbocycles. The fourth-order valence-corrected chi connectivity index (χ4v) is 14.6. The molecule has 0 bridgehead atoms. The van der Waals surface area contributed by atoms with Gasteiger partial charge < -0.3 is 33.8 Å². The first kappa shape index (κ1) is 101. The first-order chi connectivity index (χ1) is 49.9. The highest BCUT2D eigenvalue weighted by molar-refractivity contribution is 7.47. The Morgan fingerprint density at radius 3 is 0.738 bits per heavy atom. The van der Waals surface area contributed by atoms with Gasteiger partial charge in [0.15, 0.2) is 12.2 Å². The number of carbonyl (C=O) groups excluding carboxylic acids is 4. The Morgan fingerprint density at radius 1 is 0.282 bits per heavy atom. The largest absolute Gasteiger partial charge is 0.472 e. The highest BCUT2D eigenvalue weighted by Crippen LogP contribution is 2.45. The zero-order valence-electron chi connectivity index (χ0n) is 67.6. The Morgan fingerprint density at radius 2 is 0.495 bits per heavy atom. The summed E-state index contributed by atoms with van der Waals surface area (Å²) in [5.74, 6) is -0.686. The average Bonchev–Trinajstić information content (AvgIpc) is 0.952. The van der Waals surface area contributed by atoms with Crippen molar-refractivity contribution in [3.8, 4) is 0 Å². The smallest absolute Gasteiger partial charge is 0.462 e. The molecule has 19 heteroatoms. The molecule has 17 nitrogen and oxygen atoms in total. The molecule has 3 N–H and O–H groups in total. The van der Waals surface area contributed by atoms with Crippen molar-refractivity contribution in [2.45, 2.75) is 464 Å². The van der Waals surface area contributed by atoms with Crippen LogP contribution in [0.4, 0.5) is 0 Å². The number of aliphatic hydroxyl groups excluding tert-OH is 1. The SMILES string of the molecule is CCCCCCCCCCCCCCCCCCCCCCCCC(=O)O[C@H](COC(=O)CCCCCCCCCCCCCCCCCCCCCCC)COP(=O)(O)OC[C@@H](O)COP(=O)(O)OC[C@@H](COC(=O)CCCCCCCCC(C)CC)OC(=O)CCCCCCCCCC(C)C. The highest BCUT2D eigenvalue weighted by atomic mass is 31.2. The summed E-state index contributed by atoms with van der Waals surface area (Å²) in [4.78, 5) is 73.0. The topological polar surface area (TPSA) is 237 Å². The van der Waals surface area contributed by atoms with Crippen molar-refractivity contribution in [2.24, 2.45) is 11.8 Å². The van der Waals surface area contributed by atoms with E-state index in [-0.39, 0.29) is 25.7 Å². The van der Waals surface area contributed by atoms with Gasteiger partial charge in [0, 0.05) is 25.7 Å². The van der Waals surface area contributed by atoms with Crippen LogP contribution in [-0.4, -0.2) is 96.7 Å². The summed E-state index contributed by atoms with van der Waals surface area (Å²) in [6, 6.07) is 0. The molecule has 0 spiro atoms. The maximum absolute atomic E-state index is 13.1. The minimum absolute atomic E-state index is 0.103. The van der Waals surface area contributed by atoms with Crippen LogP contribution in [0, 0.1) is 11.8 Å². The minimum atomic E-state index is -4.96. The number of unbranched alkanes of at least 4 members (excludes halogenated alkanes) is 52. The Kier molecular flexibility index (Phi) is 74.1. The van der Waals surface area contributed by atoms with E-state index < -0.39 is 97.5 Å². The van der Waals surface area contributed by atoms with Crippen LogP contribution in [-0.2, 0) is 65.4 Å². The molecule has 0 saturated heterocycles. The van der Waals surface area contributed by atoms with Gasteiger partial charge in [0.25, 0.3) is 0 Å². The van der Waals surface area contributed by atoms with E-state index in [9.17, 15) is 43.2 Å². The van der Waals surface area contributed by atoms with E-state index in [1.165, 1.54) is 257 Å². The fourth-order valence-electron chi connectivity index (χ4n) is 13.0. The predicted molar refractivity (Wildman–Crippen MR) is 423 cm³/mol. The molecule has 0 rings (SSSR count). The molecular weight excluding hydrogens is 1340 g/mol. The first-order valence-corrected chi connectivity index (χ1v) is 46.5. The maximum Gasteiger partial charge on any atom is 0.472 e. The number of hydrogen-bond donors (Lipinski definition) is 3. The van der Waals surface area contributed by atoms with Gasteiger partial charge in [0.1, 0.15) is 19.3 Å². The zero-order valence-corrected chi connectivity index (χ0v) is 69.4. The van der Waals surface area contributed by atoms with Gasteiger partial charge >= 0.3 is 39.5 Å². The molecule has 0 amide bonds. The Hall–Kier alpha value is -1.94. The van der Waals surface area contributed by atoms with Gasteiger partial charge in [0.05, 0.1) is 26.4 Å². The van der Waals surface area contributed by atoms with Gasteiger partial charge in [0.2, 0.25) is 0 Å². The standard InChI is InChI=1S/C84H164O17P2/c1-7-10-12-14-16-18-20-22-24-26-28-30-32-34-36-38-40-42-44-48-56-62-68-83(88)100-79(72-94-81(86)66-60-54-47-43-41-39-37-35-33-31-29-27-25-23-21-19-17-15-13-11-8-2)74-98-102(90,91)96-70-78(85)71-97-103(92,93)99-75-80(101-84(89)69-63-57-49-45-46-52-58-64-76(4)5)73-95-82(87)67-61-55-51-50-53-59-65-77(6)9-3/h76-80,85H,7-75H2,1-6H3,(H,90,91)(H,92,93)/t77?,78-,79-,80-/m1/s1. The highest BCUT2D eigenvalue weighted by Gasteiger charge is 2.30. The Bertz CT molecular complexity index is 1980. The van der Waals surface area contributed by atoms with E-state index in [1.807, 2.05) is 0 Å².